The number of Topliss-reactive ketones (excluding diaryl/α,β-unsaturated/α-hetero) is 1. The zero-order valence-corrected chi connectivity index (χ0v) is 9.28. The van der Waals surface area contributed by atoms with Gasteiger partial charge in [0.25, 0.3) is 0 Å². The maximum atomic E-state index is 11.1. The number of rotatable bonds is 4. The van der Waals surface area contributed by atoms with Crippen LogP contribution in [-0.2, 0) is 9.59 Å². The fourth-order valence-corrected chi connectivity index (χ4v) is 1.39. The van der Waals surface area contributed by atoms with E-state index in [4.69, 9.17) is 16.3 Å². The highest BCUT2D eigenvalue weighted by molar-refractivity contribution is 6.35. The van der Waals surface area contributed by atoms with Crippen molar-refractivity contribution < 1.29 is 19.1 Å². The summed E-state index contributed by atoms with van der Waals surface area (Å²) >= 11 is 5.86. The number of ether oxygens (including phenoxy) is 1. The van der Waals surface area contributed by atoms with Crippen molar-refractivity contribution in [2.24, 2.45) is 0 Å². The number of esters is 1. The van der Waals surface area contributed by atoms with Gasteiger partial charge in [-0.05, 0) is 19.1 Å². The van der Waals surface area contributed by atoms with Crippen molar-refractivity contribution >= 4 is 29.6 Å². The fraction of sp³-hybridized carbons (Fsp3) is 0.182. The van der Waals surface area contributed by atoms with Crippen molar-refractivity contribution in [2.75, 3.05) is 0 Å². The van der Waals surface area contributed by atoms with E-state index in [1.54, 1.807) is 6.07 Å². The van der Waals surface area contributed by atoms with E-state index in [1.165, 1.54) is 19.1 Å². The van der Waals surface area contributed by atoms with Crippen LogP contribution in [0.25, 0.3) is 0 Å². The van der Waals surface area contributed by atoms with Crippen molar-refractivity contribution in [3.63, 3.8) is 0 Å². The molecule has 0 radical (unpaired) electrons. The van der Waals surface area contributed by atoms with Crippen LogP contribution in [0.15, 0.2) is 18.2 Å². The van der Waals surface area contributed by atoms with Gasteiger partial charge in [0, 0.05) is 5.56 Å². The summed E-state index contributed by atoms with van der Waals surface area (Å²) in [4.78, 5) is 32.3. The van der Waals surface area contributed by atoms with Crippen LogP contribution in [0.5, 0.6) is 5.75 Å². The van der Waals surface area contributed by atoms with Gasteiger partial charge in [-0.25, -0.2) is 0 Å². The number of hydrogen-bond donors (Lipinski definition) is 0. The summed E-state index contributed by atoms with van der Waals surface area (Å²) in [5.74, 6) is -0.850. The van der Waals surface area contributed by atoms with E-state index < -0.39 is 5.97 Å². The van der Waals surface area contributed by atoms with E-state index in [0.29, 0.717) is 6.29 Å². The lowest BCUT2D eigenvalue weighted by Gasteiger charge is -2.06. The molecule has 0 amide bonds. The topological polar surface area (TPSA) is 60.4 Å². The molecule has 0 saturated carbocycles. The van der Waals surface area contributed by atoms with Crippen LogP contribution in [-0.4, -0.2) is 18.0 Å². The lowest BCUT2D eigenvalue weighted by atomic mass is 10.1. The molecule has 1 rings (SSSR count). The van der Waals surface area contributed by atoms with Crippen LogP contribution in [0.4, 0.5) is 0 Å². The maximum Gasteiger partial charge on any atom is 0.318 e. The standard InChI is InChI=1S/C11H9ClO4/c1-7(14)8-3-2-4-9(11(8)12)16-10(15)5-6-13/h2-4,6H,5H2,1H3. The highest BCUT2D eigenvalue weighted by Crippen LogP contribution is 2.28. The van der Waals surface area contributed by atoms with Crippen molar-refractivity contribution in [3.05, 3.63) is 28.8 Å². The zero-order chi connectivity index (χ0) is 12.1. The highest BCUT2D eigenvalue weighted by atomic mass is 35.5. The largest absolute Gasteiger partial charge is 0.425 e. The normalized spacial score (nSPS) is 9.62. The molecular weight excluding hydrogens is 232 g/mol. The van der Waals surface area contributed by atoms with E-state index >= 15 is 0 Å². The number of carbonyl (C=O) groups excluding carboxylic acids is 3. The summed E-state index contributed by atoms with van der Waals surface area (Å²) in [6, 6.07) is 4.53. The van der Waals surface area contributed by atoms with E-state index in [2.05, 4.69) is 0 Å². The molecule has 0 atom stereocenters. The fourth-order valence-electron chi connectivity index (χ4n) is 1.09. The van der Waals surface area contributed by atoms with Gasteiger partial charge >= 0.3 is 5.97 Å². The molecule has 16 heavy (non-hydrogen) atoms. The van der Waals surface area contributed by atoms with Gasteiger partial charge in [0.15, 0.2) is 5.78 Å². The molecule has 0 saturated heterocycles. The summed E-state index contributed by atoms with van der Waals surface area (Å²) in [6.07, 6.45) is 0.0890. The second-order valence-electron chi connectivity index (χ2n) is 3.02. The van der Waals surface area contributed by atoms with Crippen LogP contribution in [0.1, 0.15) is 23.7 Å². The molecule has 0 aliphatic rings. The molecule has 1 aromatic rings. The monoisotopic (exact) mass is 240 g/mol. The SMILES string of the molecule is CC(=O)c1cccc(OC(=O)CC=O)c1Cl. The third kappa shape index (κ3) is 2.90. The van der Waals surface area contributed by atoms with Crippen molar-refractivity contribution in [1.29, 1.82) is 0 Å². The Bertz CT molecular complexity index is 440. The zero-order valence-electron chi connectivity index (χ0n) is 8.53. The number of hydrogen-bond acceptors (Lipinski definition) is 4. The van der Waals surface area contributed by atoms with Gasteiger partial charge in [-0.15, -0.1) is 0 Å². The van der Waals surface area contributed by atoms with Gasteiger partial charge in [-0.1, -0.05) is 17.7 Å². The summed E-state index contributed by atoms with van der Waals surface area (Å²) in [6.45, 7) is 1.36. The average molecular weight is 241 g/mol. The molecule has 0 N–H and O–H groups in total. The van der Waals surface area contributed by atoms with Gasteiger partial charge in [-0.2, -0.15) is 0 Å². The Morgan fingerprint density at radius 2 is 2.12 bits per heavy atom. The highest BCUT2D eigenvalue weighted by Gasteiger charge is 2.13. The molecule has 4 nitrogen and oxygen atoms in total. The number of halogens is 1. The molecule has 84 valence electrons. The van der Waals surface area contributed by atoms with E-state index in [0.717, 1.165) is 0 Å². The van der Waals surface area contributed by atoms with Crippen molar-refractivity contribution in [3.8, 4) is 5.75 Å². The van der Waals surface area contributed by atoms with Crippen molar-refractivity contribution in [1.82, 2.24) is 0 Å². The lowest BCUT2D eigenvalue weighted by molar-refractivity contribution is -0.135. The van der Waals surface area contributed by atoms with Gasteiger partial charge < -0.3 is 9.53 Å². The molecular formula is C11H9ClO4. The Hall–Kier alpha value is -1.68. The summed E-state index contributed by atoms with van der Waals surface area (Å²) in [5, 5.41) is 0.0780. The Balaban J connectivity index is 2.97. The van der Waals surface area contributed by atoms with Gasteiger partial charge in [0.05, 0.1) is 5.02 Å². The molecule has 0 aliphatic heterocycles. The summed E-state index contributed by atoms with van der Waals surface area (Å²) < 4.78 is 4.82. The Morgan fingerprint density at radius 3 is 2.69 bits per heavy atom. The first-order chi connectivity index (χ1) is 7.56. The van der Waals surface area contributed by atoms with E-state index in [1.807, 2.05) is 0 Å². The molecule has 0 aliphatic carbocycles. The van der Waals surface area contributed by atoms with Crippen molar-refractivity contribution in [2.45, 2.75) is 13.3 Å². The van der Waals surface area contributed by atoms with E-state index in [9.17, 15) is 14.4 Å². The first kappa shape index (κ1) is 12.4. The molecule has 1 aromatic carbocycles. The van der Waals surface area contributed by atoms with Gasteiger partial charge in [-0.3, -0.25) is 9.59 Å². The minimum absolute atomic E-state index is 0.0780. The smallest absolute Gasteiger partial charge is 0.318 e. The first-order valence-corrected chi connectivity index (χ1v) is 4.87. The lowest BCUT2D eigenvalue weighted by Crippen LogP contribution is -2.09. The average Bonchev–Trinajstić information content (AvgIpc) is 2.21. The number of carbonyl (C=O) groups is 3. The first-order valence-electron chi connectivity index (χ1n) is 4.50. The Kier molecular flexibility index (Phi) is 4.19. The number of aldehydes is 1. The van der Waals surface area contributed by atoms with Crippen LogP contribution in [0.2, 0.25) is 5.02 Å². The van der Waals surface area contributed by atoms with Crippen LogP contribution in [0, 0.1) is 0 Å². The van der Waals surface area contributed by atoms with Crippen LogP contribution in [0.3, 0.4) is 0 Å². The van der Waals surface area contributed by atoms with Crippen LogP contribution < -0.4 is 4.74 Å². The van der Waals surface area contributed by atoms with Gasteiger partial charge in [0.2, 0.25) is 0 Å². The second-order valence-corrected chi connectivity index (χ2v) is 3.40. The number of benzene rings is 1. The predicted molar refractivity (Wildman–Crippen MR) is 57.8 cm³/mol. The van der Waals surface area contributed by atoms with Gasteiger partial charge in [0.1, 0.15) is 18.5 Å². The molecule has 0 unspecified atom stereocenters. The Labute approximate surface area is 97.2 Å². The molecule has 0 aromatic heterocycles. The molecule has 5 heteroatoms. The third-order valence-corrected chi connectivity index (χ3v) is 2.21. The molecule has 0 heterocycles. The molecule has 0 spiro atoms. The maximum absolute atomic E-state index is 11.1. The molecule has 0 fully saturated rings. The summed E-state index contributed by atoms with van der Waals surface area (Å²) in [5.41, 5.74) is 0.276. The second kappa shape index (κ2) is 5.42. The minimum Gasteiger partial charge on any atom is -0.425 e. The molecule has 0 bridgehead atoms. The van der Waals surface area contributed by atoms with Crippen LogP contribution >= 0.6 is 11.6 Å². The summed E-state index contributed by atoms with van der Waals surface area (Å²) in [7, 11) is 0. The Morgan fingerprint density at radius 1 is 1.44 bits per heavy atom. The quantitative estimate of drug-likeness (QED) is 0.266. The number of ketones is 1. The van der Waals surface area contributed by atoms with E-state index in [-0.39, 0.29) is 28.5 Å². The predicted octanol–water partition coefficient (Wildman–Crippen LogP) is 2.04. The minimum atomic E-state index is -0.711. The third-order valence-electron chi connectivity index (χ3n) is 1.82.